The molecule has 2 saturated heterocycles. The summed E-state index contributed by atoms with van der Waals surface area (Å²) in [6.45, 7) is 3.96. The van der Waals surface area contributed by atoms with Crippen molar-refractivity contribution in [3.63, 3.8) is 0 Å². The zero-order valence-electron chi connectivity index (χ0n) is 22.1. The molecule has 12 heteroatoms. The topological polar surface area (TPSA) is 101 Å². The summed E-state index contributed by atoms with van der Waals surface area (Å²) in [5, 5.41) is 16.0. The molecule has 3 aliphatic heterocycles. The number of carboxylic acid groups (broad SMARTS) is 1. The summed E-state index contributed by atoms with van der Waals surface area (Å²) in [5.41, 5.74) is 1.04. The fourth-order valence-electron chi connectivity index (χ4n) is 7.47. The summed E-state index contributed by atoms with van der Waals surface area (Å²) in [7, 11) is 0. The third-order valence-corrected chi connectivity index (χ3v) is 10.2. The number of aliphatic imine (C=N–C) groups is 1. The zero-order chi connectivity index (χ0) is 27.8. The molecule has 3 aliphatic carbocycles. The van der Waals surface area contributed by atoms with Gasteiger partial charge in [-0.1, -0.05) is 12.1 Å². The van der Waals surface area contributed by atoms with Gasteiger partial charge in [-0.25, -0.2) is 19.0 Å². The number of fused-ring (bicyclic) bond motifs is 1. The minimum atomic E-state index is -1.12. The highest BCUT2D eigenvalue weighted by molar-refractivity contribution is 7.11. The Bertz CT molecular complexity index is 1440. The average Bonchev–Trinajstić information content (AvgIpc) is 3.53. The third kappa shape index (κ3) is 3.79. The maximum atomic E-state index is 14.5. The van der Waals surface area contributed by atoms with E-state index in [4.69, 9.17) is 4.99 Å². The number of aromatic nitrogens is 1. The van der Waals surface area contributed by atoms with Gasteiger partial charge in [-0.2, -0.15) is 0 Å². The van der Waals surface area contributed by atoms with Crippen molar-refractivity contribution in [3.8, 4) is 0 Å². The van der Waals surface area contributed by atoms with Crippen molar-refractivity contribution in [2.24, 2.45) is 10.4 Å². The lowest BCUT2D eigenvalue weighted by molar-refractivity contribution is -0.207. The van der Waals surface area contributed by atoms with Crippen LogP contribution in [0.2, 0.25) is 0 Å². The Balaban J connectivity index is 1.16. The Morgan fingerprint density at radius 2 is 2.05 bits per heavy atom. The standard InChI is InChI=1S/C28H30F2N6O3S/c1-16-18(3-2-4-19(16)30)22-21(25(37)38)20(32-23(33-22)24-31-5-8-40-24)11-34-6-7-35-17(9-34)10-36(26(35)39)28-12-27(13-28,14-28)15-29/h2-5,8,17,22H,6-7,9-15H2,1H3,(H,32,33)(H,37,38)/t17-,22-,27?,28?/m0/s1. The van der Waals surface area contributed by atoms with Crippen LogP contribution in [0.25, 0.3) is 0 Å². The van der Waals surface area contributed by atoms with Crippen molar-refractivity contribution in [1.82, 2.24) is 25.0 Å². The minimum absolute atomic E-state index is 0.0116. The molecule has 5 fully saturated rings. The largest absolute Gasteiger partial charge is 0.478 e. The van der Waals surface area contributed by atoms with E-state index in [1.165, 1.54) is 17.4 Å². The van der Waals surface area contributed by atoms with E-state index in [1.807, 2.05) is 15.2 Å². The second-order valence-corrected chi connectivity index (χ2v) is 12.8. The lowest BCUT2D eigenvalue weighted by Crippen LogP contribution is -2.75. The van der Waals surface area contributed by atoms with Gasteiger partial charge in [-0.05, 0) is 43.4 Å². The number of rotatable bonds is 7. The van der Waals surface area contributed by atoms with Gasteiger partial charge in [0.05, 0.1) is 18.3 Å². The number of carbonyl (C=O) groups excluding carboxylic acids is 1. The molecule has 4 heterocycles. The molecule has 0 spiro atoms. The fraction of sp³-hybridized carbons (Fsp3) is 0.500. The third-order valence-electron chi connectivity index (χ3n) is 9.38. The first-order chi connectivity index (χ1) is 19.2. The number of carbonyl (C=O) groups is 2. The van der Waals surface area contributed by atoms with Crippen molar-refractivity contribution >= 4 is 29.2 Å². The van der Waals surface area contributed by atoms with E-state index in [0.29, 0.717) is 60.4 Å². The maximum absolute atomic E-state index is 14.5. The van der Waals surface area contributed by atoms with Gasteiger partial charge >= 0.3 is 12.0 Å². The van der Waals surface area contributed by atoms with E-state index in [1.54, 1.807) is 25.3 Å². The number of amidine groups is 1. The van der Waals surface area contributed by atoms with E-state index in [-0.39, 0.29) is 35.3 Å². The molecular formula is C28H30F2N6O3S. The predicted molar refractivity (Wildman–Crippen MR) is 144 cm³/mol. The number of halogens is 2. The van der Waals surface area contributed by atoms with Gasteiger partial charge < -0.3 is 20.2 Å². The zero-order valence-corrected chi connectivity index (χ0v) is 22.9. The van der Waals surface area contributed by atoms with Crippen LogP contribution in [0.1, 0.15) is 41.4 Å². The average molecular weight is 569 g/mol. The lowest BCUT2D eigenvalue weighted by atomic mass is 9.39. The highest BCUT2D eigenvalue weighted by atomic mass is 32.1. The van der Waals surface area contributed by atoms with Crippen LogP contribution in [0, 0.1) is 18.2 Å². The molecule has 1 aromatic heterocycles. The number of piperazine rings is 1. The molecule has 3 saturated carbocycles. The molecule has 0 radical (unpaired) electrons. The van der Waals surface area contributed by atoms with E-state index in [0.717, 1.165) is 19.3 Å². The van der Waals surface area contributed by atoms with Crippen molar-refractivity contribution in [2.75, 3.05) is 39.4 Å². The molecule has 210 valence electrons. The molecule has 1 aromatic carbocycles. The molecule has 40 heavy (non-hydrogen) atoms. The highest BCUT2D eigenvalue weighted by Crippen LogP contribution is 2.70. The van der Waals surface area contributed by atoms with E-state index in [9.17, 15) is 23.5 Å². The van der Waals surface area contributed by atoms with Crippen LogP contribution in [-0.4, -0.2) is 93.6 Å². The van der Waals surface area contributed by atoms with Crippen LogP contribution in [0.5, 0.6) is 0 Å². The van der Waals surface area contributed by atoms with Gasteiger partial charge in [0.2, 0.25) is 0 Å². The maximum Gasteiger partial charge on any atom is 0.335 e. The lowest BCUT2D eigenvalue weighted by Gasteiger charge is -2.72. The Morgan fingerprint density at radius 1 is 1.25 bits per heavy atom. The normalized spacial score (nSPS) is 31.4. The highest BCUT2D eigenvalue weighted by Gasteiger charge is 2.72. The molecule has 2 bridgehead atoms. The second-order valence-electron chi connectivity index (χ2n) is 11.9. The van der Waals surface area contributed by atoms with Crippen molar-refractivity contribution in [2.45, 2.75) is 43.8 Å². The number of carboxylic acids is 1. The molecule has 9 nitrogen and oxygen atoms in total. The van der Waals surface area contributed by atoms with Gasteiger partial charge in [-0.15, -0.1) is 11.3 Å². The summed E-state index contributed by atoms with van der Waals surface area (Å²) in [6.07, 6.45) is 3.92. The van der Waals surface area contributed by atoms with Crippen LogP contribution in [0.15, 0.2) is 46.0 Å². The fourth-order valence-corrected chi connectivity index (χ4v) is 8.06. The Labute approximate surface area is 234 Å². The number of thiazole rings is 1. The molecule has 2 N–H and O–H groups in total. The summed E-state index contributed by atoms with van der Waals surface area (Å²) in [5.74, 6) is -1.08. The Hall–Kier alpha value is -3.38. The minimum Gasteiger partial charge on any atom is -0.478 e. The van der Waals surface area contributed by atoms with Gasteiger partial charge in [0.15, 0.2) is 10.8 Å². The number of hydrogen-bond acceptors (Lipinski definition) is 7. The monoisotopic (exact) mass is 568 g/mol. The van der Waals surface area contributed by atoms with Crippen molar-refractivity contribution in [3.05, 3.63) is 63.0 Å². The first-order valence-corrected chi connectivity index (χ1v) is 14.4. The number of hydrogen-bond donors (Lipinski definition) is 2. The molecule has 6 aliphatic rings. The van der Waals surface area contributed by atoms with Crippen LogP contribution >= 0.6 is 11.3 Å². The van der Waals surface area contributed by atoms with E-state index < -0.39 is 17.8 Å². The SMILES string of the molecule is Cc1c(F)cccc1[C@@H]1N=C(c2nccs2)NC(CN2CCN3C(=O)N(C45CC(CF)(C4)C5)C[C@@H]3C2)=C1C(=O)O. The van der Waals surface area contributed by atoms with Crippen molar-refractivity contribution < 1.29 is 23.5 Å². The summed E-state index contributed by atoms with van der Waals surface area (Å²) in [4.78, 5) is 41.1. The summed E-state index contributed by atoms with van der Waals surface area (Å²) < 4.78 is 27.9. The number of amides is 2. The van der Waals surface area contributed by atoms with Gasteiger partial charge in [0.25, 0.3) is 0 Å². The summed E-state index contributed by atoms with van der Waals surface area (Å²) >= 11 is 1.38. The van der Waals surface area contributed by atoms with Crippen LogP contribution in [-0.2, 0) is 4.79 Å². The number of nitrogens with zero attached hydrogens (tertiary/aromatic N) is 5. The van der Waals surface area contributed by atoms with E-state index >= 15 is 0 Å². The first-order valence-electron chi connectivity index (χ1n) is 13.6. The molecule has 0 unspecified atom stereocenters. The molecule has 2 amide bonds. The van der Waals surface area contributed by atoms with Crippen molar-refractivity contribution in [1.29, 1.82) is 0 Å². The van der Waals surface area contributed by atoms with Crippen LogP contribution in [0.4, 0.5) is 13.6 Å². The molecule has 2 atom stereocenters. The van der Waals surface area contributed by atoms with Crippen LogP contribution < -0.4 is 5.32 Å². The number of nitrogens with one attached hydrogen (secondary N) is 1. The number of aliphatic carboxylic acids is 1. The van der Waals surface area contributed by atoms with Crippen LogP contribution in [0.3, 0.4) is 0 Å². The Morgan fingerprint density at radius 3 is 2.75 bits per heavy atom. The summed E-state index contributed by atoms with van der Waals surface area (Å²) in [6, 6.07) is 3.77. The molecule has 8 rings (SSSR count). The Kier molecular flexibility index (Phi) is 5.80. The predicted octanol–water partition coefficient (Wildman–Crippen LogP) is 3.33. The van der Waals surface area contributed by atoms with Gasteiger partial charge in [0, 0.05) is 61.0 Å². The number of urea groups is 1. The molecule has 2 aromatic rings. The van der Waals surface area contributed by atoms with Gasteiger partial charge in [0.1, 0.15) is 11.9 Å². The second kappa shape index (κ2) is 9.07. The quantitative estimate of drug-likeness (QED) is 0.532. The number of alkyl halides is 1. The molecular weight excluding hydrogens is 538 g/mol. The van der Waals surface area contributed by atoms with E-state index in [2.05, 4.69) is 15.2 Å². The van der Waals surface area contributed by atoms with Gasteiger partial charge in [-0.3, -0.25) is 14.3 Å². The number of benzene rings is 1. The smallest absolute Gasteiger partial charge is 0.335 e. The first kappa shape index (κ1) is 25.6.